The third-order valence-electron chi connectivity index (χ3n) is 7.69. The van der Waals surface area contributed by atoms with Crippen LogP contribution in [-0.4, -0.2) is 59.4 Å². The summed E-state index contributed by atoms with van der Waals surface area (Å²) in [6.07, 6.45) is 25.1. The van der Waals surface area contributed by atoms with Crippen LogP contribution in [0, 0.1) is 0 Å². The molecule has 9 heteroatoms. The molecule has 0 aromatic rings. The van der Waals surface area contributed by atoms with Crippen molar-refractivity contribution in [2.45, 2.75) is 173 Å². The Morgan fingerprint density at radius 2 is 0.756 bits per heavy atom. The minimum absolute atomic E-state index is 0.423. The molecule has 0 rings (SSSR count). The highest BCUT2D eigenvalue weighted by atomic mass is 28.5. The maximum absolute atomic E-state index is 6.85. The molecule has 0 heterocycles. The Morgan fingerprint density at radius 3 is 1.12 bits per heavy atom. The quantitative estimate of drug-likeness (QED) is 0.0241. The van der Waals surface area contributed by atoms with Crippen molar-refractivity contribution in [3.05, 3.63) is 0 Å². The molecule has 41 heavy (non-hydrogen) atoms. The molecule has 248 valence electrons. The maximum Gasteiger partial charge on any atom is 0.311 e. The Labute approximate surface area is 259 Å². The first-order valence-electron chi connectivity index (χ1n) is 17.2. The number of ether oxygens (including phenoxy) is 2. The van der Waals surface area contributed by atoms with Crippen LogP contribution in [0.1, 0.15) is 122 Å². The van der Waals surface area contributed by atoms with Gasteiger partial charge in [0.1, 0.15) is 6.79 Å². The fourth-order valence-corrected chi connectivity index (χ4v) is 20.0. The van der Waals surface area contributed by atoms with E-state index >= 15 is 0 Å². The van der Waals surface area contributed by atoms with Gasteiger partial charge in [0.25, 0.3) is 0 Å². The molecule has 0 amide bonds. The first-order valence-corrected chi connectivity index (χ1v) is 26.2. The number of hydrogen-bond donors (Lipinski definition) is 0. The fraction of sp³-hybridized carbons (Fsp3) is 1.00. The van der Waals surface area contributed by atoms with Crippen molar-refractivity contribution < 1.29 is 27.5 Å². The first-order chi connectivity index (χ1) is 19.5. The second kappa shape index (κ2) is 26.8. The van der Waals surface area contributed by atoms with Gasteiger partial charge in [0.2, 0.25) is 0 Å². The van der Waals surface area contributed by atoms with E-state index in [1.165, 1.54) is 121 Å². The van der Waals surface area contributed by atoms with Crippen LogP contribution in [0.25, 0.3) is 0 Å². The summed E-state index contributed by atoms with van der Waals surface area (Å²) < 4.78 is 23.9. The Kier molecular flexibility index (Phi) is 27.1. The lowest BCUT2D eigenvalue weighted by Gasteiger charge is -2.39. The van der Waals surface area contributed by atoms with Crippen molar-refractivity contribution in [2.24, 2.45) is 0 Å². The van der Waals surface area contributed by atoms with Gasteiger partial charge in [-0.25, -0.2) is 9.78 Å². The molecule has 0 aromatic heterocycles. The summed E-state index contributed by atoms with van der Waals surface area (Å²) in [5.74, 6) is 0. The highest BCUT2D eigenvalue weighted by Crippen LogP contribution is 2.27. The number of hydrogen-bond acceptors (Lipinski definition) is 6. The molecule has 0 aliphatic carbocycles. The van der Waals surface area contributed by atoms with Crippen LogP contribution in [0.3, 0.4) is 0 Å². The Balaban J connectivity index is 3.83. The van der Waals surface area contributed by atoms with E-state index in [1.807, 2.05) is 0 Å². The lowest BCUT2D eigenvalue weighted by molar-refractivity contribution is -0.272. The van der Waals surface area contributed by atoms with E-state index in [0.717, 1.165) is 26.1 Å². The van der Waals surface area contributed by atoms with Crippen LogP contribution < -0.4 is 0 Å². The van der Waals surface area contributed by atoms with Crippen molar-refractivity contribution in [3.8, 4) is 0 Å². The van der Waals surface area contributed by atoms with Crippen molar-refractivity contribution >= 4 is 25.2 Å². The number of methoxy groups -OCH3 is 1. The minimum Gasteiger partial charge on any atom is -0.437 e. The molecule has 0 spiro atoms. The van der Waals surface area contributed by atoms with Gasteiger partial charge in [-0.3, -0.25) is 0 Å². The van der Waals surface area contributed by atoms with E-state index in [1.54, 1.807) is 14.2 Å². The Hall–Kier alpha value is 0.411. The summed E-state index contributed by atoms with van der Waals surface area (Å²) in [5.41, 5.74) is 0. The van der Waals surface area contributed by atoms with Crippen molar-refractivity contribution in [1.29, 1.82) is 0 Å². The van der Waals surface area contributed by atoms with Crippen LogP contribution in [0.5, 0.6) is 0 Å². The summed E-state index contributed by atoms with van der Waals surface area (Å²) in [4.78, 5) is 9.54. The lowest BCUT2D eigenvalue weighted by Crippen LogP contribution is -2.52. The van der Waals surface area contributed by atoms with Gasteiger partial charge in [-0.05, 0) is 64.2 Å². The van der Waals surface area contributed by atoms with Crippen LogP contribution >= 0.6 is 0 Å². The van der Waals surface area contributed by atoms with Crippen molar-refractivity contribution in [3.63, 3.8) is 0 Å². The molecule has 0 aliphatic rings. The minimum atomic E-state index is -2.09. The highest BCUT2D eigenvalue weighted by Gasteiger charge is 2.39. The molecular formula is C32H72O6Si3. The molecule has 6 nitrogen and oxygen atoms in total. The molecule has 0 saturated carbocycles. The molecule has 0 bridgehead atoms. The Morgan fingerprint density at radius 1 is 0.415 bits per heavy atom. The summed E-state index contributed by atoms with van der Waals surface area (Å²) in [6.45, 7) is 16.2. The topological polar surface area (TPSA) is 55.4 Å². The molecular weight excluding hydrogens is 565 g/mol. The summed E-state index contributed by atoms with van der Waals surface area (Å²) in [5, 5.41) is 0. The lowest BCUT2D eigenvalue weighted by atomic mass is 10.1. The number of unbranched alkanes of at least 4 members (excludes halogenated alkanes) is 17. The van der Waals surface area contributed by atoms with E-state index in [4.69, 9.17) is 22.6 Å². The average molecular weight is 637 g/mol. The molecule has 0 aliphatic heterocycles. The molecule has 0 atom stereocenters. The zero-order valence-electron chi connectivity index (χ0n) is 28.9. The Bertz CT molecular complexity index is 518. The predicted molar refractivity (Wildman–Crippen MR) is 183 cm³/mol. The highest BCUT2D eigenvalue weighted by molar-refractivity contribution is 6.87. The average Bonchev–Trinajstić information content (AvgIpc) is 2.88. The normalized spacial score (nSPS) is 12.9. The summed E-state index contributed by atoms with van der Waals surface area (Å²) >= 11 is 0. The fourth-order valence-electron chi connectivity index (χ4n) is 5.80. The van der Waals surface area contributed by atoms with E-state index in [2.05, 4.69) is 44.2 Å². The van der Waals surface area contributed by atoms with Gasteiger partial charge in [-0.15, -0.1) is 0 Å². The second-order valence-electron chi connectivity index (χ2n) is 13.6. The van der Waals surface area contributed by atoms with Crippen LogP contribution in [0.4, 0.5) is 0 Å². The van der Waals surface area contributed by atoms with Gasteiger partial charge in [0.15, 0.2) is 16.6 Å². The van der Waals surface area contributed by atoms with Crippen molar-refractivity contribution in [1.82, 2.24) is 0 Å². The molecule has 0 unspecified atom stereocenters. The van der Waals surface area contributed by atoms with Gasteiger partial charge in [-0.1, -0.05) is 109 Å². The SMILES string of the molecule is COCOCCCCCCCCCCC[Si](C)(C)O[Si](C)(C)O[Si](C)(C)CCCCCCCCCCCCOOC. The zero-order valence-corrected chi connectivity index (χ0v) is 31.9. The van der Waals surface area contributed by atoms with E-state index in [9.17, 15) is 0 Å². The van der Waals surface area contributed by atoms with E-state index < -0.39 is 25.2 Å². The summed E-state index contributed by atoms with van der Waals surface area (Å²) in [6, 6.07) is 2.53. The molecule has 0 N–H and O–H groups in total. The predicted octanol–water partition coefficient (Wildman–Crippen LogP) is 10.7. The largest absolute Gasteiger partial charge is 0.437 e. The van der Waals surface area contributed by atoms with Gasteiger partial charge >= 0.3 is 8.56 Å². The molecule has 0 aromatic carbocycles. The van der Waals surface area contributed by atoms with Crippen LogP contribution in [-0.2, 0) is 27.5 Å². The molecule has 0 saturated heterocycles. The van der Waals surface area contributed by atoms with Crippen LogP contribution in [0.2, 0.25) is 51.4 Å². The zero-order chi connectivity index (χ0) is 30.7. The third kappa shape index (κ3) is 30.2. The smallest absolute Gasteiger partial charge is 0.311 e. The van der Waals surface area contributed by atoms with Gasteiger partial charge < -0.3 is 17.7 Å². The first kappa shape index (κ1) is 41.4. The monoisotopic (exact) mass is 636 g/mol. The van der Waals surface area contributed by atoms with E-state index in [0.29, 0.717) is 6.79 Å². The van der Waals surface area contributed by atoms with Gasteiger partial charge in [0, 0.05) is 13.7 Å². The van der Waals surface area contributed by atoms with Crippen molar-refractivity contribution in [2.75, 3.05) is 34.2 Å². The third-order valence-corrected chi connectivity index (χ3v) is 19.2. The van der Waals surface area contributed by atoms with E-state index in [-0.39, 0.29) is 0 Å². The summed E-state index contributed by atoms with van der Waals surface area (Å²) in [7, 11) is -2.21. The second-order valence-corrected chi connectivity index (χ2v) is 26.1. The number of rotatable bonds is 32. The van der Waals surface area contributed by atoms with Gasteiger partial charge in [-0.2, -0.15) is 0 Å². The van der Waals surface area contributed by atoms with Crippen LogP contribution in [0.15, 0.2) is 0 Å². The molecule has 0 radical (unpaired) electrons. The standard InChI is InChI=1S/C32H72O6Si3/c1-33-32-35-28-24-20-16-12-11-15-19-23-27-31-40(5,6)38-41(7,8)37-39(3,4)30-26-22-18-14-10-9-13-17-21-25-29-36-34-2/h9-32H2,1-8H3. The van der Waals surface area contributed by atoms with Gasteiger partial charge in [0.05, 0.1) is 13.7 Å². The molecule has 0 fully saturated rings. The maximum atomic E-state index is 6.85.